The highest BCUT2D eigenvalue weighted by atomic mass is 31.2. The Morgan fingerprint density at radius 1 is 1.38 bits per heavy atom. The minimum Gasteiger partial charge on any atom is -0.480 e. The molecule has 92 valence electrons. The first kappa shape index (κ1) is 12.0. The molecule has 0 aromatic heterocycles. The molecule has 2 aliphatic rings. The Bertz CT molecular complexity index is 338. The van der Waals surface area contributed by atoms with Crippen LogP contribution in [0.25, 0.3) is 0 Å². The molecule has 1 saturated carbocycles. The zero-order valence-electron chi connectivity index (χ0n) is 8.80. The lowest BCUT2D eigenvalue weighted by molar-refractivity contribution is -0.140. The summed E-state index contributed by atoms with van der Waals surface area (Å²) in [7, 11) is -4.61. The van der Waals surface area contributed by atoms with Crippen LogP contribution in [0.3, 0.4) is 0 Å². The third-order valence-corrected chi connectivity index (χ3v) is 5.51. The van der Waals surface area contributed by atoms with Crippen molar-refractivity contribution in [2.75, 3.05) is 6.54 Å². The van der Waals surface area contributed by atoms with Gasteiger partial charge < -0.3 is 20.2 Å². The number of carbonyl (C=O) groups is 1. The van der Waals surface area contributed by atoms with Gasteiger partial charge in [0.2, 0.25) is 0 Å². The Labute approximate surface area is 93.2 Å². The number of fused-ring (bicyclic) bond motifs is 1. The van der Waals surface area contributed by atoms with Gasteiger partial charge in [0.05, 0.1) is 0 Å². The highest BCUT2D eigenvalue weighted by molar-refractivity contribution is 7.54. The highest BCUT2D eigenvalue weighted by Crippen LogP contribution is 2.61. The summed E-state index contributed by atoms with van der Waals surface area (Å²) in [4.78, 5) is 29.8. The molecule has 0 radical (unpaired) electrons. The minimum atomic E-state index is -4.61. The number of rotatable bonds is 2. The number of carboxylic acid groups (broad SMARTS) is 1. The molecule has 1 aliphatic heterocycles. The van der Waals surface area contributed by atoms with Gasteiger partial charge in [-0.05, 0) is 38.1 Å². The van der Waals surface area contributed by atoms with Gasteiger partial charge in [-0.2, -0.15) is 0 Å². The van der Waals surface area contributed by atoms with Crippen molar-refractivity contribution >= 4 is 13.6 Å². The number of hydrogen-bond acceptors (Lipinski definition) is 3. The lowest BCUT2D eigenvalue weighted by Crippen LogP contribution is -2.39. The maximum absolute atomic E-state index is 11.4. The number of aliphatic carboxylic acids is 1. The summed E-state index contributed by atoms with van der Waals surface area (Å²) < 4.78 is 11.4. The predicted octanol–water partition coefficient (Wildman–Crippen LogP) is 0.149. The van der Waals surface area contributed by atoms with Gasteiger partial charge in [-0.25, -0.2) is 0 Å². The van der Waals surface area contributed by atoms with Crippen LogP contribution < -0.4 is 5.32 Å². The average molecular weight is 249 g/mol. The van der Waals surface area contributed by atoms with E-state index in [9.17, 15) is 19.1 Å². The molecule has 3 unspecified atom stereocenters. The van der Waals surface area contributed by atoms with Crippen molar-refractivity contribution in [2.24, 2.45) is 5.92 Å². The Hall–Kier alpha value is -0.420. The second-order valence-corrected chi connectivity index (χ2v) is 6.70. The molecule has 0 spiro atoms. The largest absolute Gasteiger partial charge is 0.480 e. The second kappa shape index (κ2) is 3.81. The molecular weight excluding hydrogens is 233 g/mol. The van der Waals surface area contributed by atoms with Gasteiger partial charge in [-0.3, -0.25) is 9.36 Å². The molecule has 0 bridgehead atoms. The number of piperidine rings is 1. The van der Waals surface area contributed by atoms with Crippen molar-refractivity contribution in [3.63, 3.8) is 0 Å². The third-order valence-electron chi connectivity index (χ3n) is 3.84. The number of nitrogens with one attached hydrogen (secondary N) is 1. The molecular formula is C9H16NO5P. The fourth-order valence-corrected chi connectivity index (χ4v) is 4.08. The topological polar surface area (TPSA) is 107 Å². The van der Waals surface area contributed by atoms with E-state index in [1.54, 1.807) is 0 Å². The van der Waals surface area contributed by atoms with E-state index in [2.05, 4.69) is 5.32 Å². The molecule has 1 heterocycles. The van der Waals surface area contributed by atoms with Crippen LogP contribution in [0.4, 0.5) is 0 Å². The summed E-state index contributed by atoms with van der Waals surface area (Å²) >= 11 is 0. The summed E-state index contributed by atoms with van der Waals surface area (Å²) in [5.41, 5.74) is 0. The van der Waals surface area contributed by atoms with E-state index in [-0.39, 0.29) is 24.8 Å². The lowest BCUT2D eigenvalue weighted by Gasteiger charge is -2.25. The maximum Gasteiger partial charge on any atom is 0.342 e. The summed E-state index contributed by atoms with van der Waals surface area (Å²) in [6, 6.07) is -0.0579. The van der Waals surface area contributed by atoms with E-state index in [0.717, 1.165) is 19.4 Å². The van der Waals surface area contributed by atoms with Crippen LogP contribution in [0.15, 0.2) is 0 Å². The molecule has 2 rings (SSSR count). The Morgan fingerprint density at radius 3 is 2.56 bits per heavy atom. The zero-order valence-corrected chi connectivity index (χ0v) is 9.69. The number of hydrogen-bond donors (Lipinski definition) is 4. The van der Waals surface area contributed by atoms with Crippen molar-refractivity contribution in [1.29, 1.82) is 0 Å². The van der Waals surface area contributed by atoms with Crippen LogP contribution in [0, 0.1) is 5.92 Å². The summed E-state index contributed by atoms with van der Waals surface area (Å²) in [5.74, 6) is -1.28. The lowest BCUT2D eigenvalue weighted by atomic mass is 9.94. The first-order chi connectivity index (χ1) is 7.37. The van der Waals surface area contributed by atoms with Crippen molar-refractivity contribution < 1.29 is 24.3 Å². The van der Waals surface area contributed by atoms with Gasteiger partial charge in [-0.15, -0.1) is 0 Å². The fraction of sp³-hybridized carbons (Fsp3) is 0.889. The van der Waals surface area contributed by atoms with Gasteiger partial charge in [0.1, 0.15) is 0 Å². The molecule has 16 heavy (non-hydrogen) atoms. The molecule has 3 atom stereocenters. The van der Waals surface area contributed by atoms with Crippen molar-refractivity contribution in [2.45, 2.75) is 36.9 Å². The fourth-order valence-electron chi connectivity index (χ4n) is 2.92. The van der Waals surface area contributed by atoms with E-state index in [0.29, 0.717) is 0 Å². The van der Waals surface area contributed by atoms with Crippen LogP contribution in [-0.4, -0.2) is 38.6 Å². The van der Waals surface area contributed by atoms with Crippen LogP contribution >= 0.6 is 7.60 Å². The average Bonchev–Trinajstić information content (AvgIpc) is 2.56. The van der Waals surface area contributed by atoms with Gasteiger partial charge in [0.25, 0.3) is 0 Å². The molecule has 0 aromatic carbocycles. The smallest absolute Gasteiger partial charge is 0.342 e. The van der Waals surface area contributed by atoms with Crippen molar-refractivity contribution in [3.05, 3.63) is 0 Å². The van der Waals surface area contributed by atoms with Gasteiger partial charge in [0.15, 0.2) is 5.16 Å². The Balaban J connectivity index is 2.31. The Morgan fingerprint density at radius 2 is 2.06 bits per heavy atom. The zero-order chi connectivity index (χ0) is 12.0. The minimum absolute atomic E-state index is 0.0390. The van der Waals surface area contributed by atoms with E-state index in [1.165, 1.54) is 0 Å². The van der Waals surface area contributed by atoms with E-state index >= 15 is 0 Å². The SMILES string of the molecule is O=C(O)C1(P(=O)(O)O)CC2CCCNC2C1. The third kappa shape index (κ3) is 1.70. The van der Waals surface area contributed by atoms with Crippen LogP contribution in [0.1, 0.15) is 25.7 Å². The molecule has 1 saturated heterocycles. The molecule has 6 nitrogen and oxygen atoms in total. The van der Waals surface area contributed by atoms with Gasteiger partial charge in [0, 0.05) is 6.04 Å². The Kier molecular flexibility index (Phi) is 2.87. The second-order valence-electron chi connectivity index (χ2n) is 4.75. The van der Waals surface area contributed by atoms with Crippen LogP contribution in [0.5, 0.6) is 0 Å². The standard InChI is InChI=1S/C9H16NO5P/c11-8(12)9(16(13,14)15)4-6-2-1-3-10-7(6)5-9/h6-7,10H,1-5H2,(H,11,12)(H2,13,14,15). The van der Waals surface area contributed by atoms with Crippen molar-refractivity contribution in [1.82, 2.24) is 5.32 Å². The number of carboxylic acids is 1. The summed E-state index contributed by atoms with van der Waals surface area (Å²) in [6.07, 6.45) is 1.92. The molecule has 1 aliphatic carbocycles. The highest BCUT2D eigenvalue weighted by Gasteiger charge is 2.61. The van der Waals surface area contributed by atoms with E-state index < -0.39 is 18.7 Å². The van der Waals surface area contributed by atoms with Gasteiger partial charge >= 0.3 is 13.6 Å². The monoisotopic (exact) mass is 249 g/mol. The normalized spacial score (nSPS) is 39.4. The molecule has 7 heteroatoms. The molecule has 4 N–H and O–H groups in total. The van der Waals surface area contributed by atoms with E-state index in [1.807, 2.05) is 0 Å². The summed E-state index contributed by atoms with van der Waals surface area (Å²) in [5, 5.41) is 10.4. The summed E-state index contributed by atoms with van der Waals surface area (Å²) in [6.45, 7) is 0.804. The predicted molar refractivity (Wildman–Crippen MR) is 56.2 cm³/mol. The molecule has 2 fully saturated rings. The maximum atomic E-state index is 11.4. The first-order valence-corrected chi connectivity index (χ1v) is 7.00. The van der Waals surface area contributed by atoms with Crippen LogP contribution in [-0.2, 0) is 9.36 Å². The van der Waals surface area contributed by atoms with E-state index in [4.69, 9.17) is 5.11 Å². The molecule has 0 aromatic rings. The van der Waals surface area contributed by atoms with Crippen molar-refractivity contribution in [3.8, 4) is 0 Å². The first-order valence-electron chi connectivity index (χ1n) is 5.39. The molecule has 0 amide bonds. The van der Waals surface area contributed by atoms with Crippen LogP contribution in [0.2, 0.25) is 0 Å². The van der Waals surface area contributed by atoms with Gasteiger partial charge in [-0.1, -0.05) is 0 Å². The quantitative estimate of drug-likeness (QED) is 0.519.